The van der Waals surface area contributed by atoms with Gasteiger partial charge in [0.15, 0.2) is 0 Å². The van der Waals surface area contributed by atoms with Crippen LogP contribution in [0.1, 0.15) is 75.6 Å². The molecule has 0 spiro atoms. The van der Waals surface area contributed by atoms with Crippen molar-refractivity contribution < 1.29 is 27.8 Å². The first kappa shape index (κ1) is 31.6. The number of thiazole rings is 1. The molecule has 1 unspecified atom stereocenters. The largest absolute Gasteiger partial charge is 0.460 e. The van der Waals surface area contributed by atoms with Crippen molar-refractivity contribution in [3.8, 4) is 21.8 Å². The van der Waals surface area contributed by atoms with Crippen LogP contribution in [0, 0.1) is 5.92 Å². The molecule has 0 saturated heterocycles. The van der Waals surface area contributed by atoms with Crippen molar-refractivity contribution >= 4 is 23.3 Å². The number of esters is 1. The lowest BCUT2D eigenvalue weighted by molar-refractivity contribution is -0.163. The van der Waals surface area contributed by atoms with Crippen LogP contribution in [-0.4, -0.2) is 31.6 Å². The maximum atomic E-state index is 13.7. The predicted molar refractivity (Wildman–Crippen MR) is 164 cm³/mol. The van der Waals surface area contributed by atoms with Crippen LogP contribution in [0.2, 0.25) is 0 Å². The third-order valence-corrected chi connectivity index (χ3v) is 8.85. The second kappa shape index (κ2) is 12.3. The van der Waals surface area contributed by atoms with Crippen molar-refractivity contribution in [2.45, 2.75) is 76.8 Å². The van der Waals surface area contributed by atoms with Gasteiger partial charge in [-0.25, -0.2) is 15.0 Å². The molecule has 1 atom stereocenters. The number of anilines is 1. The Morgan fingerprint density at radius 2 is 1.75 bits per heavy atom. The highest BCUT2D eigenvalue weighted by molar-refractivity contribution is 7.15. The molecule has 11 heteroatoms. The van der Waals surface area contributed by atoms with Gasteiger partial charge in [-0.15, -0.1) is 11.3 Å². The van der Waals surface area contributed by atoms with Crippen LogP contribution < -0.4 is 5.32 Å². The van der Waals surface area contributed by atoms with Gasteiger partial charge in [0.05, 0.1) is 33.8 Å². The molecule has 1 aliphatic rings. The summed E-state index contributed by atoms with van der Waals surface area (Å²) in [6, 6.07) is 16.3. The van der Waals surface area contributed by atoms with Crippen molar-refractivity contribution in [1.82, 2.24) is 15.0 Å². The molecule has 0 radical (unpaired) electrons. The van der Waals surface area contributed by atoms with Crippen LogP contribution in [-0.2, 0) is 21.3 Å². The number of aromatic nitrogens is 3. The normalized spacial score (nSPS) is 19.8. The van der Waals surface area contributed by atoms with E-state index in [9.17, 15) is 23.1 Å². The van der Waals surface area contributed by atoms with Gasteiger partial charge in [-0.05, 0) is 77.1 Å². The van der Waals surface area contributed by atoms with Crippen molar-refractivity contribution in [3.63, 3.8) is 0 Å². The lowest BCUT2D eigenvalue weighted by Gasteiger charge is -2.34. The third kappa shape index (κ3) is 7.27. The molecule has 2 aromatic carbocycles. The number of hydrogen-bond acceptors (Lipinski definition) is 8. The molecule has 1 fully saturated rings. The van der Waals surface area contributed by atoms with Gasteiger partial charge in [0.2, 0.25) is 5.95 Å². The van der Waals surface area contributed by atoms with Crippen molar-refractivity contribution in [3.05, 3.63) is 83.0 Å². The number of nitrogens with zero attached hydrogens (tertiary/aromatic N) is 3. The van der Waals surface area contributed by atoms with Gasteiger partial charge in [0.25, 0.3) is 0 Å². The zero-order valence-electron chi connectivity index (χ0n) is 25.0. The number of ether oxygens (including phenoxy) is 1. The summed E-state index contributed by atoms with van der Waals surface area (Å²) >= 11 is 1.19. The van der Waals surface area contributed by atoms with Gasteiger partial charge >= 0.3 is 12.1 Å². The molecule has 1 saturated carbocycles. The Bertz CT molecular complexity index is 1610. The zero-order valence-corrected chi connectivity index (χ0v) is 25.8. The number of alkyl halides is 3. The summed E-state index contributed by atoms with van der Waals surface area (Å²) in [7, 11) is 0. The van der Waals surface area contributed by atoms with Gasteiger partial charge in [0.1, 0.15) is 16.2 Å². The molecule has 0 aliphatic heterocycles. The van der Waals surface area contributed by atoms with E-state index in [4.69, 9.17) is 14.7 Å². The highest BCUT2D eigenvalue weighted by Crippen LogP contribution is 2.46. The molecular weight excluding hydrogens is 589 g/mol. The summed E-state index contributed by atoms with van der Waals surface area (Å²) in [6.45, 7) is 7.42. The van der Waals surface area contributed by atoms with Crippen LogP contribution in [0.4, 0.5) is 19.1 Å². The molecule has 232 valence electrons. The van der Waals surface area contributed by atoms with Gasteiger partial charge in [-0.3, -0.25) is 4.79 Å². The molecule has 7 nitrogen and oxygen atoms in total. The highest BCUT2D eigenvalue weighted by Gasteiger charge is 2.41. The Hall–Kier alpha value is -3.83. The summed E-state index contributed by atoms with van der Waals surface area (Å²) in [5.41, 5.74) is -0.713. The fourth-order valence-electron chi connectivity index (χ4n) is 5.23. The molecule has 2 heterocycles. The van der Waals surface area contributed by atoms with Crippen LogP contribution in [0.25, 0.3) is 21.8 Å². The lowest BCUT2D eigenvalue weighted by atomic mass is 9.79. The quantitative estimate of drug-likeness (QED) is 0.200. The van der Waals surface area contributed by atoms with Crippen LogP contribution in [0.3, 0.4) is 0 Å². The van der Waals surface area contributed by atoms with E-state index in [1.165, 1.54) is 17.4 Å². The fraction of sp³-hybridized carbons (Fsp3) is 0.394. The van der Waals surface area contributed by atoms with E-state index < -0.39 is 22.9 Å². The summed E-state index contributed by atoms with van der Waals surface area (Å²) < 4.78 is 46.5. The monoisotopic (exact) mass is 624 g/mol. The smallest absolute Gasteiger partial charge is 0.416 e. The van der Waals surface area contributed by atoms with Crippen LogP contribution in [0.5, 0.6) is 0 Å². The Morgan fingerprint density at radius 3 is 2.41 bits per heavy atom. The number of nitrogens with one attached hydrogen (secondary N) is 1. The molecule has 1 aliphatic carbocycles. The molecule has 5 rings (SSSR count). The Labute approximate surface area is 258 Å². The van der Waals surface area contributed by atoms with Gasteiger partial charge in [0, 0.05) is 11.8 Å². The van der Waals surface area contributed by atoms with Gasteiger partial charge in [-0.1, -0.05) is 42.5 Å². The molecule has 44 heavy (non-hydrogen) atoms. The standard InChI is InChI=1S/C33H35F3N4O3S/c1-20(21-9-6-5-7-10-21)38-30-37-18-15-25(39-30)27-26(23-11-8-12-24(19-23)33(34,35)36)40-29(44-27)32(42)16-13-22(14-17-32)28(41)43-31(2,3)4/h5-12,15,18-20,22,42H,13-14,16-17H2,1-4H3,(H,37,38,39). The average molecular weight is 625 g/mol. The van der Waals surface area contributed by atoms with Gasteiger partial charge < -0.3 is 15.2 Å². The van der Waals surface area contributed by atoms with E-state index in [2.05, 4.69) is 10.3 Å². The Morgan fingerprint density at radius 1 is 1.05 bits per heavy atom. The van der Waals surface area contributed by atoms with Gasteiger partial charge in [-0.2, -0.15) is 13.2 Å². The summed E-state index contributed by atoms with van der Waals surface area (Å²) in [6.07, 6.45) is -1.63. The second-order valence-electron chi connectivity index (χ2n) is 12.2. The fourth-order valence-corrected chi connectivity index (χ4v) is 6.44. The number of aliphatic hydroxyl groups is 1. The number of benzene rings is 2. The number of halogens is 3. The maximum Gasteiger partial charge on any atom is 0.416 e. The molecule has 0 bridgehead atoms. The maximum absolute atomic E-state index is 13.7. The first-order chi connectivity index (χ1) is 20.7. The number of hydrogen-bond donors (Lipinski definition) is 2. The van der Waals surface area contributed by atoms with Crippen molar-refractivity contribution in [2.24, 2.45) is 5.92 Å². The minimum Gasteiger partial charge on any atom is -0.460 e. The lowest BCUT2D eigenvalue weighted by Crippen LogP contribution is -2.36. The number of carbonyl (C=O) groups is 1. The van der Waals surface area contributed by atoms with E-state index in [0.29, 0.717) is 40.1 Å². The first-order valence-electron chi connectivity index (χ1n) is 14.5. The first-order valence-corrected chi connectivity index (χ1v) is 15.3. The molecule has 4 aromatic rings. The van der Waals surface area contributed by atoms with E-state index in [-0.39, 0.29) is 36.3 Å². The zero-order chi connectivity index (χ0) is 31.7. The third-order valence-electron chi connectivity index (χ3n) is 7.57. The minimum absolute atomic E-state index is 0.104. The predicted octanol–water partition coefficient (Wildman–Crippen LogP) is 8.18. The summed E-state index contributed by atoms with van der Waals surface area (Å²) in [4.78, 5) is 27.0. The van der Waals surface area contributed by atoms with Crippen LogP contribution in [0.15, 0.2) is 66.9 Å². The molecule has 0 amide bonds. The van der Waals surface area contributed by atoms with Crippen LogP contribution >= 0.6 is 11.3 Å². The topological polar surface area (TPSA) is 97.2 Å². The SMILES string of the molecule is CC(Nc1nccc(-c2sc(C3(O)CCC(C(=O)OC(C)(C)C)CC3)nc2-c2cccc(C(F)(F)F)c2)n1)c1ccccc1. The minimum atomic E-state index is -4.53. The average Bonchev–Trinajstić information content (AvgIpc) is 3.44. The summed E-state index contributed by atoms with van der Waals surface area (Å²) in [5, 5.41) is 15.4. The Balaban J connectivity index is 1.49. The van der Waals surface area contributed by atoms with E-state index in [1.807, 2.05) is 58.0 Å². The highest BCUT2D eigenvalue weighted by atomic mass is 32.1. The van der Waals surface area contributed by atoms with E-state index in [0.717, 1.165) is 17.7 Å². The number of rotatable bonds is 7. The van der Waals surface area contributed by atoms with E-state index in [1.54, 1.807) is 18.3 Å². The Kier molecular flexibility index (Phi) is 8.82. The second-order valence-corrected chi connectivity index (χ2v) is 13.2. The van der Waals surface area contributed by atoms with Crippen molar-refractivity contribution in [1.29, 1.82) is 0 Å². The number of carbonyl (C=O) groups excluding carboxylic acids is 1. The van der Waals surface area contributed by atoms with E-state index >= 15 is 0 Å². The molecule has 2 N–H and O–H groups in total. The van der Waals surface area contributed by atoms with Crippen molar-refractivity contribution in [2.75, 3.05) is 5.32 Å². The molecular formula is C33H35F3N4O3S. The summed E-state index contributed by atoms with van der Waals surface area (Å²) in [5.74, 6) is -0.297. The molecule has 2 aromatic heterocycles.